The summed E-state index contributed by atoms with van der Waals surface area (Å²) < 4.78 is 0. The fourth-order valence-corrected chi connectivity index (χ4v) is 7.18. The normalized spacial score (nSPS) is 18.1. The van der Waals surface area contributed by atoms with Crippen molar-refractivity contribution in [3.05, 3.63) is 130 Å². The highest BCUT2D eigenvalue weighted by Crippen LogP contribution is 2.55. The lowest BCUT2D eigenvalue weighted by Gasteiger charge is -2.22. The van der Waals surface area contributed by atoms with E-state index in [4.69, 9.17) is 11.5 Å². The molecule has 4 aromatic rings. The number of hydrogen-bond donors (Lipinski definition) is 2. The lowest BCUT2D eigenvalue weighted by Crippen LogP contribution is -2.15. The molecule has 0 saturated carbocycles. The smallest absolute Gasteiger partial charge is 0.0593 e. The zero-order valence-corrected chi connectivity index (χ0v) is 21.9. The van der Waals surface area contributed by atoms with Crippen LogP contribution in [0.4, 0.5) is 0 Å². The number of benzene rings is 4. The predicted octanol–water partition coefficient (Wildman–Crippen LogP) is 7.74. The molecule has 0 saturated heterocycles. The molecule has 0 bridgehead atoms. The maximum Gasteiger partial charge on any atom is 0.0593 e. The van der Waals surface area contributed by atoms with Gasteiger partial charge in [0.15, 0.2) is 0 Å². The second-order valence-corrected chi connectivity index (χ2v) is 11.8. The van der Waals surface area contributed by atoms with E-state index < -0.39 is 0 Å². The third kappa shape index (κ3) is 2.76. The molecule has 0 fully saturated rings. The average molecular weight is 481 g/mol. The van der Waals surface area contributed by atoms with Crippen LogP contribution in [0.15, 0.2) is 96.3 Å². The van der Waals surface area contributed by atoms with Crippen LogP contribution in [0, 0.1) is 0 Å². The maximum atomic E-state index is 6.85. The molecule has 0 radical (unpaired) electrons. The first-order valence-corrected chi connectivity index (χ1v) is 13.2. The van der Waals surface area contributed by atoms with Gasteiger partial charge in [0.2, 0.25) is 0 Å². The SMILES string of the molecule is CC1(C)c2ccccc2-c2c(C3=C(N)C(N)=C(c4cccc5c4-c4ccccc4C5(C)C)C3)cccc21. The van der Waals surface area contributed by atoms with Crippen molar-refractivity contribution in [2.45, 2.75) is 44.9 Å². The fourth-order valence-electron chi connectivity index (χ4n) is 7.18. The minimum Gasteiger partial charge on any atom is -0.397 e. The molecule has 0 unspecified atom stereocenters. The van der Waals surface area contributed by atoms with E-state index in [0.717, 1.165) is 17.6 Å². The topological polar surface area (TPSA) is 52.0 Å². The molecule has 4 N–H and O–H groups in total. The van der Waals surface area contributed by atoms with E-state index in [1.165, 1.54) is 55.6 Å². The van der Waals surface area contributed by atoms with Crippen molar-refractivity contribution >= 4 is 11.1 Å². The molecule has 0 spiro atoms. The van der Waals surface area contributed by atoms with Crippen LogP contribution in [-0.2, 0) is 10.8 Å². The van der Waals surface area contributed by atoms with Crippen LogP contribution < -0.4 is 11.5 Å². The number of rotatable bonds is 2. The van der Waals surface area contributed by atoms with Crippen molar-refractivity contribution in [1.82, 2.24) is 0 Å². The fraction of sp³-hybridized carbons (Fsp3) is 0.200. The van der Waals surface area contributed by atoms with Crippen LogP contribution in [0.2, 0.25) is 0 Å². The number of nitrogens with two attached hydrogens (primary N) is 2. The second kappa shape index (κ2) is 7.26. The van der Waals surface area contributed by atoms with Gasteiger partial charge < -0.3 is 11.5 Å². The van der Waals surface area contributed by atoms with Gasteiger partial charge in [-0.25, -0.2) is 0 Å². The highest BCUT2D eigenvalue weighted by Gasteiger charge is 2.40. The van der Waals surface area contributed by atoms with Crippen LogP contribution in [0.3, 0.4) is 0 Å². The second-order valence-electron chi connectivity index (χ2n) is 11.8. The van der Waals surface area contributed by atoms with Gasteiger partial charge in [0.25, 0.3) is 0 Å². The minimum atomic E-state index is -0.0484. The zero-order chi connectivity index (χ0) is 25.7. The zero-order valence-electron chi connectivity index (χ0n) is 21.9. The van der Waals surface area contributed by atoms with Gasteiger partial charge in [-0.3, -0.25) is 0 Å². The molecule has 0 aliphatic heterocycles. The van der Waals surface area contributed by atoms with Crippen molar-refractivity contribution < 1.29 is 0 Å². The molecule has 3 aliphatic rings. The Kier molecular flexibility index (Phi) is 4.35. The summed E-state index contributed by atoms with van der Waals surface area (Å²) >= 11 is 0. The molecule has 3 aliphatic carbocycles. The summed E-state index contributed by atoms with van der Waals surface area (Å²) in [5, 5.41) is 0. The molecule has 0 heterocycles. The summed E-state index contributed by atoms with van der Waals surface area (Å²) in [7, 11) is 0. The molecule has 37 heavy (non-hydrogen) atoms. The molecule has 0 atom stereocenters. The molecular formula is C35H32N2. The van der Waals surface area contributed by atoms with Gasteiger partial charge in [-0.2, -0.15) is 0 Å². The lowest BCUT2D eigenvalue weighted by atomic mass is 9.81. The van der Waals surface area contributed by atoms with Crippen LogP contribution in [0.1, 0.15) is 67.5 Å². The Labute approximate surface area is 219 Å². The summed E-state index contributed by atoms with van der Waals surface area (Å²) in [6.45, 7) is 9.27. The van der Waals surface area contributed by atoms with Crippen molar-refractivity contribution in [3.8, 4) is 22.3 Å². The van der Waals surface area contributed by atoms with Crippen molar-refractivity contribution in [3.63, 3.8) is 0 Å². The average Bonchev–Trinajstić information content (AvgIpc) is 3.43. The third-order valence-electron chi connectivity index (χ3n) is 9.16. The standard InChI is InChI=1S/C35H32N2/c1-34(2)26-15-7-5-11-22(26)30-20(13-9-17-28(30)34)24-19-25(33(37)32(24)36)21-14-10-18-29-31(21)23-12-6-8-16-27(23)35(29,3)4/h5-18H,19,36-37H2,1-4H3. The molecule has 7 rings (SSSR count). The van der Waals surface area contributed by atoms with Crippen LogP contribution >= 0.6 is 0 Å². The quantitative estimate of drug-likeness (QED) is 0.308. The van der Waals surface area contributed by atoms with E-state index >= 15 is 0 Å². The Morgan fingerprint density at radius 1 is 0.459 bits per heavy atom. The minimum absolute atomic E-state index is 0.0484. The van der Waals surface area contributed by atoms with E-state index in [-0.39, 0.29) is 10.8 Å². The van der Waals surface area contributed by atoms with Crippen LogP contribution in [-0.4, -0.2) is 0 Å². The molecule has 2 nitrogen and oxygen atoms in total. The van der Waals surface area contributed by atoms with E-state index in [1.807, 2.05) is 0 Å². The van der Waals surface area contributed by atoms with Gasteiger partial charge in [0.1, 0.15) is 0 Å². The van der Waals surface area contributed by atoms with E-state index in [0.29, 0.717) is 11.4 Å². The number of allylic oxidation sites excluding steroid dienone is 2. The monoisotopic (exact) mass is 480 g/mol. The summed E-state index contributed by atoms with van der Waals surface area (Å²) in [4.78, 5) is 0. The maximum absolute atomic E-state index is 6.85. The first-order chi connectivity index (χ1) is 17.7. The predicted molar refractivity (Wildman–Crippen MR) is 155 cm³/mol. The van der Waals surface area contributed by atoms with Gasteiger partial charge in [0, 0.05) is 17.3 Å². The van der Waals surface area contributed by atoms with Crippen LogP contribution in [0.25, 0.3) is 33.4 Å². The van der Waals surface area contributed by atoms with Crippen molar-refractivity contribution in [2.24, 2.45) is 11.5 Å². The molecule has 0 aromatic heterocycles. The van der Waals surface area contributed by atoms with E-state index in [1.54, 1.807) is 0 Å². The summed E-state index contributed by atoms with van der Waals surface area (Å²) in [5.74, 6) is 0. The Morgan fingerprint density at radius 2 is 0.811 bits per heavy atom. The summed E-state index contributed by atoms with van der Waals surface area (Å²) in [5.41, 5.74) is 30.4. The van der Waals surface area contributed by atoms with Gasteiger partial charge in [-0.05, 0) is 66.8 Å². The highest BCUT2D eigenvalue weighted by molar-refractivity contribution is 6.01. The van der Waals surface area contributed by atoms with Crippen LogP contribution in [0.5, 0.6) is 0 Å². The van der Waals surface area contributed by atoms with Gasteiger partial charge in [-0.1, -0.05) is 113 Å². The molecule has 2 heteroatoms. The Hall–Kier alpha value is -4.04. The van der Waals surface area contributed by atoms with Gasteiger partial charge >= 0.3 is 0 Å². The first kappa shape index (κ1) is 22.2. The first-order valence-electron chi connectivity index (χ1n) is 13.2. The third-order valence-corrected chi connectivity index (χ3v) is 9.16. The van der Waals surface area contributed by atoms with Gasteiger partial charge in [-0.15, -0.1) is 0 Å². The van der Waals surface area contributed by atoms with E-state index in [9.17, 15) is 0 Å². The van der Waals surface area contributed by atoms with E-state index in [2.05, 4.69) is 113 Å². The highest BCUT2D eigenvalue weighted by atomic mass is 14.7. The van der Waals surface area contributed by atoms with Crippen molar-refractivity contribution in [2.75, 3.05) is 0 Å². The molecular weight excluding hydrogens is 448 g/mol. The van der Waals surface area contributed by atoms with Crippen molar-refractivity contribution in [1.29, 1.82) is 0 Å². The van der Waals surface area contributed by atoms with Gasteiger partial charge in [0.05, 0.1) is 11.4 Å². The lowest BCUT2D eigenvalue weighted by molar-refractivity contribution is 0.660. The number of hydrogen-bond acceptors (Lipinski definition) is 2. The Bertz CT molecular complexity index is 1580. The number of fused-ring (bicyclic) bond motifs is 6. The molecule has 0 amide bonds. The summed E-state index contributed by atoms with van der Waals surface area (Å²) in [6, 6.07) is 30.9. The largest absolute Gasteiger partial charge is 0.397 e. The molecule has 4 aromatic carbocycles. The summed E-state index contributed by atoms with van der Waals surface area (Å²) in [6.07, 6.45) is 0.732. The Morgan fingerprint density at radius 3 is 1.24 bits per heavy atom. The molecule has 182 valence electrons. The Balaban J connectivity index is 1.39.